The Morgan fingerprint density at radius 3 is 2.46 bits per heavy atom. The van der Waals surface area contributed by atoms with Gasteiger partial charge in [-0.15, -0.1) is 0 Å². The van der Waals surface area contributed by atoms with Gasteiger partial charge >= 0.3 is 0 Å². The summed E-state index contributed by atoms with van der Waals surface area (Å²) in [5.41, 5.74) is 1.54. The van der Waals surface area contributed by atoms with E-state index in [1.165, 1.54) is 18.2 Å². The second kappa shape index (κ2) is 7.63. The van der Waals surface area contributed by atoms with Crippen LogP contribution in [0.4, 0.5) is 10.1 Å². The van der Waals surface area contributed by atoms with E-state index in [9.17, 15) is 14.4 Å². The quantitative estimate of drug-likeness (QED) is 0.795. The van der Waals surface area contributed by atoms with Crippen LogP contribution >= 0.6 is 12.2 Å². The summed E-state index contributed by atoms with van der Waals surface area (Å²) in [7, 11) is 0. The fourth-order valence-electron chi connectivity index (χ4n) is 3.28. The Balaban J connectivity index is 1.63. The fraction of sp³-hybridized carbons (Fsp3) is 0.250. The summed E-state index contributed by atoms with van der Waals surface area (Å²) in [5.74, 6) is -0.960. The number of benzene rings is 2. The number of carbonyl (C=O) groups excluding carboxylic acids is 1. The predicted octanol–water partition coefficient (Wildman–Crippen LogP) is 4.29. The highest BCUT2D eigenvalue weighted by molar-refractivity contribution is 7.80. The van der Waals surface area contributed by atoms with Crippen LogP contribution in [0.5, 0.6) is 0 Å². The molecule has 0 unspecified atom stereocenters. The third kappa shape index (κ3) is 3.89. The van der Waals surface area contributed by atoms with E-state index in [4.69, 9.17) is 12.2 Å². The van der Waals surface area contributed by atoms with E-state index in [2.05, 4.69) is 16.7 Å². The summed E-state index contributed by atoms with van der Waals surface area (Å²) >= 11 is 5.14. The van der Waals surface area contributed by atoms with E-state index in [-0.39, 0.29) is 16.1 Å². The van der Waals surface area contributed by atoms with Crippen molar-refractivity contribution in [3.63, 3.8) is 0 Å². The molecule has 26 heavy (non-hydrogen) atoms. The Kier molecular flexibility index (Phi) is 5.29. The van der Waals surface area contributed by atoms with E-state index in [0.29, 0.717) is 5.69 Å². The molecule has 1 amide bonds. The van der Waals surface area contributed by atoms with Gasteiger partial charge in [-0.1, -0.05) is 31.0 Å². The number of amides is 1. The molecule has 4 nitrogen and oxygen atoms in total. The SMILES string of the molecule is N#CC1(c2ccc(NC(=S)NC(=O)c3cccc(F)c3)cc2)CCCC1. The molecule has 6 heteroatoms. The summed E-state index contributed by atoms with van der Waals surface area (Å²) in [4.78, 5) is 12.1. The van der Waals surface area contributed by atoms with Crippen LogP contribution in [-0.2, 0) is 5.41 Å². The number of nitrogens with zero attached hydrogens (tertiary/aromatic N) is 1. The van der Waals surface area contributed by atoms with Crippen molar-refractivity contribution in [1.29, 1.82) is 5.26 Å². The molecule has 0 atom stereocenters. The molecule has 0 spiro atoms. The Hall–Kier alpha value is -2.78. The van der Waals surface area contributed by atoms with Gasteiger partial charge in [-0.2, -0.15) is 5.26 Å². The average molecular weight is 367 g/mol. The van der Waals surface area contributed by atoms with Gasteiger partial charge in [-0.05, 0) is 61.0 Å². The highest BCUT2D eigenvalue weighted by atomic mass is 32.1. The van der Waals surface area contributed by atoms with Gasteiger partial charge in [0.25, 0.3) is 5.91 Å². The van der Waals surface area contributed by atoms with Crippen molar-refractivity contribution in [3.8, 4) is 6.07 Å². The third-order valence-corrected chi connectivity index (χ3v) is 4.88. The second-order valence-corrected chi connectivity index (χ2v) is 6.81. The zero-order valence-electron chi connectivity index (χ0n) is 14.1. The van der Waals surface area contributed by atoms with Gasteiger partial charge in [0.15, 0.2) is 5.11 Å². The van der Waals surface area contributed by atoms with Gasteiger partial charge in [-0.25, -0.2) is 4.39 Å². The van der Waals surface area contributed by atoms with Crippen molar-refractivity contribution in [2.24, 2.45) is 0 Å². The number of halogens is 1. The van der Waals surface area contributed by atoms with Crippen molar-refractivity contribution >= 4 is 28.9 Å². The van der Waals surface area contributed by atoms with Crippen LogP contribution in [0.25, 0.3) is 0 Å². The minimum absolute atomic E-state index is 0.128. The van der Waals surface area contributed by atoms with Crippen LogP contribution < -0.4 is 10.6 Å². The van der Waals surface area contributed by atoms with E-state index in [0.717, 1.165) is 37.3 Å². The molecule has 2 N–H and O–H groups in total. The minimum atomic E-state index is -0.481. The van der Waals surface area contributed by atoms with E-state index in [1.807, 2.05) is 24.3 Å². The number of hydrogen-bond acceptors (Lipinski definition) is 3. The number of carbonyl (C=O) groups is 1. The molecule has 2 aromatic rings. The molecule has 0 heterocycles. The fourth-order valence-corrected chi connectivity index (χ4v) is 3.49. The molecule has 1 fully saturated rings. The van der Waals surface area contributed by atoms with Crippen molar-refractivity contribution < 1.29 is 9.18 Å². The largest absolute Gasteiger partial charge is 0.332 e. The normalized spacial score (nSPS) is 15.1. The maximum atomic E-state index is 13.2. The summed E-state index contributed by atoms with van der Waals surface area (Å²) in [6.07, 6.45) is 3.92. The minimum Gasteiger partial charge on any atom is -0.332 e. The van der Waals surface area contributed by atoms with Crippen LogP contribution in [0.2, 0.25) is 0 Å². The van der Waals surface area contributed by atoms with Crippen molar-refractivity contribution in [3.05, 3.63) is 65.5 Å². The van der Waals surface area contributed by atoms with Crippen molar-refractivity contribution in [2.75, 3.05) is 5.32 Å². The smallest absolute Gasteiger partial charge is 0.257 e. The van der Waals surface area contributed by atoms with E-state index >= 15 is 0 Å². The molecule has 2 aromatic carbocycles. The number of anilines is 1. The molecule has 0 aliphatic heterocycles. The lowest BCUT2D eigenvalue weighted by Gasteiger charge is -2.21. The summed E-state index contributed by atoms with van der Waals surface area (Å²) in [6, 6.07) is 15.4. The van der Waals surface area contributed by atoms with Gasteiger partial charge in [0.2, 0.25) is 0 Å². The molecule has 1 aliphatic carbocycles. The van der Waals surface area contributed by atoms with Gasteiger partial charge in [0, 0.05) is 11.3 Å². The summed E-state index contributed by atoms with van der Waals surface area (Å²) < 4.78 is 13.2. The molecule has 0 radical (unpaired) electrons. The number of rotatable bonds is 3. The number of hydrogen-bond donors (Lipinski definition) is 2. The monoisotopic (exact) mass is 367 g/mol. The lowest BCUT2D eigenvalue weighted by molar-refractivity contribution is 0.0977. The predicted molar refractivity (Wildman–Crippen MR) is 102 cm³/mol. The molecule has 1 aliphatic rings. The molecule has 0 aromatic heterocycles. The Morgan fingerprint density at radius 1 is 1.15 bits per heavy atom. The Bertz CT molecular complexity index is 867. The van der Waals surface area contributed by atoms with Gasteiger partial charge in [0.1, 0.15) is 5.82 Å². The molecule has 0 saturated heterocycles. The van der Waals surface area contributed by atoms with Crippen molar-refractivity contribution in [2.45, 2.75) is 31.1 Å². The molecular weight excluding hydrogens is 349 g/mol. The van der Waals surface area contributed by atoms with E-state index < -0.39 is 11.7 Å². The zero-order valence-corrected chi connectivity index (χ0v) is 14.9. The number of nitrogens with one attached hydrogen (secondary N) is 2. The summed E-state index contributed by atoms with van der Waals surface area (Å²) in [6.45, 7) is 0. The first kappa shape index (κ1) is 18.0. The average Bonchev–Trinajstić information content (AvgIpc) is 3.12. The molecule has 1 saturated carbocycles. The maximum absolute atomic E-state index is 13.2. The third-order valence-electron chi connectivity index (χ3n) is 4.68. The highest BCUT2D eigenvalue weighted by Crippen LogP contribution is 2.40. The lowest BCUT2D eigenvalue weighted by Crippen LogP contribution is -2.34. The molecule has 132 valence electrons. The number of nitriles is 1. The van der Waals surface area contributed by atoms with Crippen molar-refractivity contribution in [1.82, 2.24) is 5.32 Å². The Morgan fingerprint density at radius 2 is 1.85 bits per heavy atom. The molecule has 3 rings (SSSR count). The van der Waals surface area contributed by atoms with E-state index in [1.54, 1.807) is 0 Å². The topological polar surface area (TPSA) is 64.9 Å². The van der Waals surface area contributed by atoms with Gasteiger partial charge in [0.05, 0.1) is 11.5 Å². The number of thiocarbonyl (C=S) groups is 1. The summed E-state index contributed by atoms with van der Waals surface area (Å²) in [5, 5.41) is 15.1. The Labute approximate surface area is 157 Å². The lowest BCUT2D eigenvalue weighted by atomic mass is 9.80. The van der Waals surface area contributed by atoms with Gasteiger partial charge < -0.3 is 5.32 Å². The maximum Gasteiger partial charge on any atom is 0.257 e. The first-order valence-corrected chi connectivity index (χ1v) is 8.83. The van der Waals surface area contributed by atoms with Crippen LogP contribution in [-0.4, -0.2) is 11.0 Å². The standard InChI is InChI=1S/C20H18FN3OS/c21-16-5-3-4-14(12-16)18(25)24-19(26)23-17-8-6-15(7-9-17)20(13-22)10-1-2-11-20/h3-9,12H,1-2,10-11H2,(H2,23,24,25,26). The van der Waals surface area contributed by atoms with Crippen LogP contribution in [0, 0.1) is 17.1 Å². The first-order chi connectivity index (χ1) is 12.5. The first-order valence-electron chi connectivity index (χ1n) is 8.42. The second-order valence-electron chi connectivity index (χ2n) is 6.40. The van der Waals surface area contributed by atoms with Gasteiger partial charge in [-0.3, -0.25) is 10.1 Å². The molecular formula is C20H18FN3OS. The molecule has 0 bridgehead atoms. The van der Waals surface area contributed by atoms with Crippen LogP contribution in [0.15, 0.2) is 48.5 Å². The zero-order chi connectivity index (χ0) is 18.6. The van der Waals surface area contributed by atoms with Crippen LogP contribution in [0.1, 0.15) is 41.6 Å². The van der Waals surface area contributed by atoms with Crippen LogP contribution in [0.3, 0.4) is 0 Å². The highest BCUT2D eigenvalue weighted by Gasteiger charge is 2.35.